The first kappa shape index (κ1) is 24.3. The standard InChI is InChI=1S/C28H20BrClN2O3/c1-34-26-14-20(13-21(16-31)28(33)32-25-12-5-4-11-24(25)30)23(29)15-27(26)35-17-19-9-6-8-18-7-2-3-10-22(18)19/h2-15H,17H2,1H3,(H,32,33)/b21-13+. The van der Waals surface area contributed by atoms with Crippen molar-refractivity contribution in [3.05, 3.63) is 105 Å². The molecule has 0 fully saturated rings. The summed E-state index contributed by atoms with van der Waals surface area (Å²) in [7, 11) is 1.54. The highest BCUT2D eigenvalue weighted by atomic mass is 79.9. The van der Waals surface area contributed by atoms with E-state index in [0.29, 0.717) is 38.9 Å². The second-order valence-electron chi connectivity index (χ2n) is 7.56. The number of hydrogen-bond acceptors (Lipinski definition) is 4. The molecule has 4 rings (SSSR count). The van der Waals surface area contributed by atoms with E-state index >= 15 is 0 Å². The molecule has 0 aromatic heterocycles. The highest BCUT2D eigenvalue weighted by molar-refractivity contribution is 9.10. The maximum atomic E-state index is 12.7. The van der Waals surface area contributed by atoms with Crippen LogP contribution in [0.4, 0.5) is 5.69 Å². The Labute approximate surface area is 216 Å². The number of nitrogens with one attached hydrogen (secondary N) is 1. The number of methoxy groups -OCH3 is 1. The minimum atomic E-state index is -0.567. The quantitative estimate of drug-likeness (QED) is 0.193. The van der Waals surface area contributed by atoms with Gasteiger partial charge in [0.25, 0.3) is 5.91 Å². The van der Waals surface area contributed by atoms with Crippen LogP contribution in [0.25, 0.3) is 16.8 Å². The molecule has 0 saturated heterocycles. The molecule has 4 aromatic carbocycles. The van der Waals surface area contributed by atoms with Crippen LogP contribution in [-0.4, -0.2) is 13.0 Å². The van der Waals surface area contributed by atoms with Crippen LogP contribution in [-0.2, 0) is 11.4 Å². The fourth-order valence-corrected chi connectivity index (χ4v) is 4.18. The molecule has 0 aliphatic carbocycles. The van der Waals surface area contributed by atoms with Crippen molar-refractivity contribution in [1.82, 2.24) is 0 Å². The van der Waals surface area contributed by atoms with E-state index in [2.05, 4.69) is 39.4 Å². The largest absolute Gasteiger partial charge is 0.493 e. The van der Waals surface area contributed by atoms with Crippen LogP contribution >= 0.6 is 27.5 Å². The van der Waals surface area contributed by atoms with Crippen molar-refractivity contribution in [2.24, 2.45) is 0 Å². The van der Waals surface area contributed by atoms with Gasteiger partial charge in [-0.15, -0.1) is 0 Å². The van der Waals surface area contributed by atoms with Gasteiger partial charge >= 0.3 is 0 Å². The summed E-state index contributed by atoms with van der Waals surface area (Å²) < 4.78 is 12.3. The van der Waals surface area contributed by atoms with Crippen LogP contribution in [0.1, 0.15) is 11.1 Å². The lowest BCUT2D eigenvalue weighted by Crippen LogP contribution is -2.13. The number of benzene rings is 4. The van der Waals surface area contributed by atoms with Crippen LogP contribution in [0.5, 0.6) is 11.5 Å². The van der Waals surface area contributed by atoms with Gasteiger partial charge in [0.1, 0.15) is 18.2 Å². The summed E-state index contributed by atoms with van der Waals surface area (Å²) in [6.45, 7) is 0.350. The number of halogens is 2. The number of para-hydroxylation sites is 1. The van der Waals surface area contributed by atoms with Crippen molar-refractivity contribution in [3.8, 4) is 17.6 Å². The first-order valence-electron chi connectivity index (χ1n) is 10.6. The van der Waals surface area contributed by atoms with E-state index in [1.165, 1.54) is 13.2 Å². The van der Waals surface area contributed by atoms with Crippen LogP contribution in [0.2, 0.25) is 5.02 Å². The SMILES string of the molecule is COc1cc(/C=C(\C#N)C(=O)Nc2ccccc2Cl)c(Br)cc1OCc1cccc2ccccc12. The van der Waals surface area contributed by atoms with Gasteiger partial charge in [0.15, 0.2) is 11.5 Å². The summed E-state index contributed by atoms with van der Waals surface area (Å²) in [4.78, 5) is 12.7. The minimum absolute atomic E-state index is 0.0860. The van der Waals surface area contributed by atoms with Crippen molar-refractivity contribution in [2.45, 2.75) is 6.61 Å². The van der Waals surface area contributed by atoms with Gasteiger partial charge in [0.2, 0.25) is 0 Å². The molecule has 0 saturated carbocycles. The topological polar surface area (TPSA) is 71.3 Å². The van der Waals surface area contributed by atoms with Crippen molar-refractivity contribution in [3.63, 3.8) is 0 Å². The normalized spacial score (nSPS) is 11.1. The molecule has 0 atom stereocenters. The predicted molar refractivity (Wildman–Crippen MR) is 143 cm³/mol. The number of nitriles is 1. The molecule has 0 bridgehead atoms. The number of carbonyl (C=O) groups excluding carboxylic acids is 1. The Kier molecular flexibility index (Phi) is 7.71. The second-order valence-corrected chi connectivity index (χ2v) is 8.82. The number of anilines is 1. The maximum absolute atomic E-state index is 12.7. The number of nitrogens with zero attached hydrogens (tertiary/aromatic N) is 1. The smallest absolute Gasteiger partial charge is 0.266 e. The molecule has 174 valence electrons. The third kappa shape index (κ3) is 5.65. The molecule has 0 aliphatic rings. The minimum Gasteiger partial charge on any atom is -0.493 e. The Bertz CT molecular complexity index is 1470. The molecular weight excluding hydrogens is 528 g/mol. The molecule has 5 nitrogen and oxygen atoms in total. The number of fused-ring (bicyclic) bond motifs is 1. The van der Waals surface area contributed by atoms with Crippen LogP contribution in [0, 0.1) is 11.3 Å². The predicted octanol–water partition coefficient (Wildman–Crippen LogP) is 7.39. The summed E-state index contributed by atoms with van der Waals surface area (Å²) in [6.07, 6.45) is 1.48. The zero-order valence-corrected chi connectivity index (χ0v) is 21.1. The second kappa shape index (κ2) is 11.1. The molecular formula is C28H20BrClN2O3. The summed E-state index contributed by atoms with van der Waals surface area (Å²) in [6, 6.07) is 26.5. The summed E-state index contributed by atoms with van der Waals surface area (Å²) in [5.41, 5.74) is 1.98. The van der Waals surface area contributed by atoms with Gasteiger partial charge in [-0.25, -0.2) is 0 Å². The Hall–Kier alpha value is -3.79. The first-order chi connectivity index (χ1) is 17.0. The average molecular weight is 548 g/mol. The van der Waals surface area contributed by atoms with E-state index in [4.69, 9.17) is 21.1 Å². The van der Waals surface area contributed by atoms with E-state index in [9.17, 15) is 10.1 Å². The molecule has 7 heteroatoms. The van der Waals surface area contributed by atoms with Gasteiger partial charge in [0.05, 0.1) is 17.8 Å². The van der Waals surface area contributed by atoms with Crippen molar-refractivity contribution in [2.75, 3.05) is 12.4 Å². The number of ether oxygens (including phenoxy) is 2. The van der Waals surface area contributed by atoms with Crippen LogP contribution < -0.4 is 14.8 Å². The molecule has 1 amide bonds. The van der Waals surface area contributed by atoms with Gasteiger partial charge < -0.3 is 14.8 Å². The van der Waals surface area contributed by atoms with Crippen molar-refractivity contribution >= 4 is 56.0 Å². The van der Waals surface area contributed by atoms with E-state index in [1.54, 1.807) is 36.4 Å². The molecule has 0 spiro atoms. The van der Waals surface area contributed by atoms with E-state index in [1.807, 2.05) is 30.3 Å². The van der Waals surface area contributed by atoms with E-state index in [0.717, 1.165) is 16.3 Å². The van der Waals surface area contributed by atoms with Crippen molar-refractivity contribution < 1.29 is 14.3 Å². The fraction of sp³-hybridized carbons (Fsp3) is 0.0714. The molecule has 0 aliphatic heterocycles. The Morgan fingerprint density at radius 1 is 1.06 bits per heavy atom. The maximum Gasteiger partial charge on any atom is 0.266 e. The van der Waals surface area contributed by atoms with Crippen LogP contribution in [0.15, 0.2) is 88.9 Å². The summed E-state index contributed by atoms with van der Waals surface area (Å²) >= 11 is 9.63. The highest BCUT2D eigenvalue weighted by Crippen LogP contribution is 2.35. The fourth-order valence-electron chi connectivity index (χ4n) is 3.56. The molecule has 1 N–H and O–H groups in total. The van der Waals surface area contributed by atoms with Gasteiger partial charge in [-0.05, 0) is 52.2 Å². The Morgan fingerprint density at radius 2 is 1.80 bits per heavy atom. The Morgan fingerprint density at radius 3 is 2.57 bits per heavy atom. The third-order valence-corrected chi connectivity index (χ3v) is 6.35. The molecule has 4 aromatic rings. The zero-order chi connectivity index (χ0) is 24.8. The van der Waals surface area contributed by atoms with Gasteiger partial charge in [-0.2, -0.15) is 5.26 Å². The average Bonchev–Trinajstić information content (AvgIpc) is 2.88. The monoisotopic (exact) mass is 546 g/mol. The first-order valence-corrected chi connectivity index (χ1v) is 11.8. The van der Waals surface area contributed by atoms with Gasteiger partial charge in [0, 0.05) is 4.47 Å². The lowest BCUT2D eigenvalue weighted by Gasteiger charge is -2.14. The molecule has 35 heavy (non-hydrogen) atoms. The number of carbonyl (C=O) groups is 1. The lowest BCUT2D eigenvalue weighted by molar-refractivity contribution is -0.112. The summed E-state index contributed by atoms with van der Waals surface area (Å²) in [5.74, 6) is 0.440. The third-order valence-electron chi connectivity index (χ3n) is 5.33. The van der Waals surface area contributed by atoms with Crippen molar-refractivity contribution in [1.29, 1.82) is 5.26 Å². The van der Waals surface area contributed by atoms with E-state index in [-0.39, 0.29) is 5.57 Å². The van der Waals surface area contributed by atoms with E-state index < -0.39 is 5.91 Å². The highest BCUT2D eigenvalue weighted by Gasteiger charge is 2.15. The Balaban J connectivity index is 1.58. The number of amides is 1. The zero-order valence-electron chi connectivity index (χ0n) is 18.7. The number of rotatable bonds is 7. The van der Waals surface area contributed by atoms with Gasteiger partial charge in [-0.3, -0.25) is 4.79 Å². The molecule has 0 unspecified atom stereocenters. The number of hydrogen-bond donors (Lipinski definition) is 1. The molecule has 0 radical (unpaired) electrons. The van der Waals surface area contributed by atoms with Crippen LogP contribution in [0.3, 0.4) is 0 Å². The molecule has 0 heterocycles. The van der Waals surface area contributed by atoms with Gasteiger partial charge in [-0.1, -0.05) is 82.1 Å². The lowest BCUT2D eigenvalue weighted by atomic mass is 10.1. The summed E-state index contributed by atoms with van der Waals surface area (Å²) in [5, 5.41) is 14.9.